The van der Waals surface area contributed by atoms with Gasteiger partial charge in [0.05, 0.1) is 15.9 Å². The summed E-state index contributed by atoms with van der Waals surface area (Å²) in [5.41, 5.74) is 0. The van der Waals surface area contributed by atoms with E-state index in [9.17, 15) is 17.3 Å². The number of hydrogen-bond donors (Lipinski definition) is 0. The molecule has 0 aromatic heterocycles. The Morgan fingerprint density at radius 3 is 1.66 bits per heavy atom. The van der Waals surface area contributed by atoms with E-state index in [4.69, 9.17) is 4.74 Å². The molecule has 4 rings (SSSR count). The molecule has 0 spiro atoms. The van der Waals surface area contributed by atoms with Gasteiger partial charge in [-0.1, -0.05) is 36.0 Å². The highest BCUT2D eigenvalue weighted by molar-refractivity contribution is 8.04. The quantitative estimate of drug-likeness (QED) is 0.188. The molecular formula is C21H19BF4OS2. The maximum atomic E-state index is 9.75. The summed E-state index contributed by atoms with van der Waals surface area (Å²) in [4.78, 5) is 6.90. The minimum atomic E-state index is -6.00. The standard InChI is InChI=1S/C21H19OS2.BF4/c1-15(2)22-16-11-13-17(14-12-16)24-20-9-5-3-7-18(20)23-19-8-4-6-10-21(19)24;2-1(3,4)5/h3-15H,1-2H3;/q+1;-1. The zero-order valence-corrected chi connectivity index (χ0v) is 17.5. The number of rotatable bonds is 3. The van der Waals surface area contributed by atoms with Crippen LogP contribution in [0.15, 0.2) is 97.3 Å². The first kappa shape index (κ1) is 21.6. The molecule has 0 aliphatic carbocycles. The van der Waals surface area contributed by atoms with Gasteiger partial charge in [0.1, 0.15) is 16.6 Å². The molecule has 8 heteroatoms. The Labute approximate surface area is 174 Å². The van der Waals surface area contributed by atoms with Gasteiger partial charge in [0, 0.05) is 0 Å². The molecule has 0 saturated heterocycles. The molecule has 0 radical (unpaired) electrons. The van der Waals surface area contributed by atoms with Gasteiger partial charge in [-0.05, 0) is 62.4 Å². The number of ether oxygens (including phenoxy) is 1. The molecule has 29 heavy (non-hydrogen) atoms. The van der Waals surface area contributed by atoms with Crippen LogP contribution in [0.2, 0.25) is 0 Å². The van der Waals surface area contributed by atoms with Crippen molar-refractivity contribution in [1.82, 2.24) is 0 Å². The predicted octanol–water partition coefficient (Wildman–Crippen LogP) is 7.33. The fourth-order valence-electron chi connectivity index (χ4n) is 2.82. The number of fused-ring (bicyclic) bond motifs is 2. The average Bonchev–Trinajstić information content (AvgIpc) is 2.65. The summed E-state index contributed by atoms with van der Waals surface area (Å²) >= 11 is 1.87. The topological polar surface area (TPSA) is 9.23 Å². The Balaban J connectivity index is 0.000000431. The van der Waals surface area contributed by atoms with Crippen molar-refractivity contribution in [3.05, 3.63) is 72.8 Å². The molecule has 0 fully saturated rings. The van der Waals surface area contributed by atoms with Crippen molar-refractivity contribution in [3.8, 4) is 5.75 Å². The first-order valence-electron chi connectivity index (χ1n) is 8.96. The van der Waals surface area contributed by atoms with Crippen molar-refractivity contribution in [1.29, 1.82) is 0 Å². The largest absolute Gasteiger partial charge is 0.673 e. The summed E-state index contributed by atoms with van der Waals surface area (Å²) in [5.74, 6) is 0.935. The molecule has 1 aliphatic heterocycles. The fraction of sp³-hybridized carbons (Fsp3) is 0.143. The molecule has 0 atom stereocenters. The van der Waals surface area contributed by atoms with Crippen molar-refractivity contribution in [2.24, 2.45) is 0 Å². The van der Waals surface area contributed by atoms with E-state index in [0.717, 1.165) is 5.75 Å². The Bertz CT molecular complexity index is 910. The first-order chi connectivity index (χ1) is 13.7. The summed E-state index contributed by atoms with van der Waals surface area (Å²) in [6.45, 7) is 4.11. The van der Waals surface area contributed by atoms with E-state index in [2.05, 4.69) is 86.6 Å². The molecule has 0 N–H and O–H groups in total. The van der Waals surface area contributed by atoms with Crippen molar-refractivity contribution in [3.63, 3.8) is 0 Å². The second-order valence-corrected chi connectivity index (χ2v) is 9.48. The highest BCUT2D eigenvalue weighted by Gasteiger charge is 2.37. The lowest BCUT2D eigenvalue weighted by Crippen LogP contribution is -2.11. The normalized spacial score (nSPS) is 13.2. The van der Waals surface area contributed by atoms with Crippen LogP contribution < -0.4 is 4.74 Å². The summed E-state index contributed by atoms with van der Waals surface area (Å²) < 4.78 is 44.8. The lowest BCUT2D eigenvalue weighted by molar-refractivity contribution is 0.242. The predicted molar refractivity (Wildman–Crippen MR) is 112 cm³/mol. The summed E-state index contributed by atoms with van der Waals surface area (Å²) in [6, 6.07) is 26.1. The highest BCUT2D eigenvalue weighted by atomic mass is 32.2. The highest BCUT2D eigenvalue weighted by Crippen LogP contribution is 2.48. The van der Waals surface area contributed by atoms with Crippen LogP contribution >= 0.6 is 11.8 Å². The van der Waals surface area contributed by atoms with Gasteiger partial charge in [-0.25, -0.2) is 0 Å². The summed E-state index contributed by atoms with van der Waals surface area (Å²) in [5, 5.41) is 0. The van der Waals surface area contributed by atoms with Gasteiger partial charge >= 0.3 is 7.25 Å². The van der Waals surface area contributed by atoms with Crippen LogP contribution in [0.3, 0.4) is 0 Å². The second-order valence-electron chi connectivity index (χ2n) is 6.43. The molecule has 152 valence electrons. The molecule has 0 bridgehead atoms. The van der Waals surface area contributed by atoms with E-state index in [-0.39, 0.29) is 17.0 Å². The van der Waals surface area contributed by atoms with Crippen LogP contribution in [0, 0.1) is 0 Å². The summed E-state index contributed by atoms with van der Waals surface area (Å²) in [7, 11) is -6.06. The van der Waals surface area contributed by atoms with Crippen molar-refractivity contribution in [2.75, 3.05) is 0 Å². The van der Waals surface area contributed by atoms with Crippen LogP contribution in [-0.4, -0.2) is 13.4 Å². The third kappa shape index (κ3) is 5.96. The number of benzene rings is 3. The van der Waals surface area contributed by atoms with Gasteiger partial charge in [-0.15, -0.1) is 0 Å². The minimum Gasteiger partial charge on any atom is -0.491 e. The molecule has 3 aromatic rings. The Morgan fingerprint density at radius 1 is 0.759 bits per heavy atom. The SMILES string of the molecule is CC(C)Oc1ccc([S+]2c3ccccc3Sc3ccccc32)cc1.F[B-](F)(F)F. The van der Waals surface area contributed by atoms with Gasteiger partial charge in [-0.3, -0.25) is 0 Å². The molecule has 1 heterocycles. The minimum absolute atomic E-state index is 0.0553. The molecule has 0 amide bonds. The van der Waals surface area contributed by atoms with Crippen molar-refractivity contribution in [2.45, 2.75) is 44.4 Å². The van der Waals surface area contributed by atoms with E-state index in [1.165, 1.54) is 24.5 Å². The van der Waals surface area contributed by atoms with Crippen LogP contribution in [0.4, 0.5) is 17.3 Å². The first-order valence-corrected chi connectivity index (χ1v) is 11.0. The van der Waals surface area contributed by atoms with Crippen molar-refractivity contribution < 1.29 is 22.0 Å². The smallest absolute Gasteiger partial charge is 0.491 e. The van der Waals surface area contributed by atoms with Crippen molar-refractivity contribution >= 4 is 29.9 Å². The Morgan fingerprint density at radius 2 is 1.21 bits per heavy atom. The van der Waals surface area contributed by atoms with Gasteiger partial charge in [-0.2, -0.15) is 0 Å². The van der Waals surface area contributed by atoms with Crippen LogP contribution in [0.5, 0.6) is 5.75 Å². The third-order valence-electron chi connectivity index (χ3n) is 3.79. The fourth-order valence-corrected chi connectivity index (χ4v) is 6.56. The molecule has 0 saturated carbocycles. The van der Waals surface area contributed by atoms with Gasteiger partial charge in [0.25, 0.3) is 0 Å². The van der Waals surface area contributed by atoms with Gasteiger partial charge in [0.15, 0.2) is 14.7 Å². The Hall–Kier alpha value is -2.06. The summed E-state index contributed by atoms with van der Waals surface area (Å²) in [6.07, 6.45) is 0.200. The van der Waals surface area contributed by atoms with Crippen LogP contribution in [-0.2, 0) is 10.9 Å². The van der Waals surface area contributed by atoms with Crippen LogP contribution in [0.25, 0.3) is 0 Å². The monoisotopic (exact) mass is 438 g/mol. The van der Waals surface area contributed by atoms with Gasteiger partial charge < -0.3 is 22.0 Å². The zero-order chi connectivity index (χ0) is 21.0. The molecule has 3 aromatic carbocycles. The van der Waals surface area contributed by atoms with E-state index in [1.54, 1.807) is 0 Å². The average molecular weight is 438 g/mol. The Kier molecular flexibility index (Phi) is 6.85. The second kappa shape index (κ2) is 9.18. The van der Waals surface area contributed by atoms with E-state index in [1.807, 2.05) is 11.8 Å². The van der Waals surface area contributed by atoms with Gasteiger partial charge in [0.2, 0.25) is 0 Å². The molecule has 1 aliphatic rings. The van der Waals surface area contributed by atoms with Crippen LogP contribution in [0.1, 0.15) is 13.8 Å². The van der Waals surface area contributed by atoms with E-state index in [0.29, 0.717) is 0 Å². The number of hydrogen-bond acceptors (Lipinski definition) is 2. The third-order valence-corrected chi connectivity index (χ3v) is 7.53. The zero-order valence-electron chi connectivity index (χ0n) is 15.8. The van der Waals surface area contributed by atoms with E-state index < -0.39 is 7.25 Å². The molecule has 1 nitrogen and oxygen atoms in total. The molecule has 0 unspecified atom stereocenters. The maximum absolute atomic E-state index is 9.75. The lowest BCUT2D eigenvalue weighted by Gasteiger charge is -2.19. The maximum Gasteiger partial charge on any atom is 0.673 e. The lowest BCUT2D eigenvalue weighted by atomic mass is 10.3. The number of halogens is 4. The van der Waals surface area contributed by atoms with E-state index >= 15 is 0 Å². The molecular weight excluding hydrogens is 419 g/mol.